The van der Waals surface area contributed by atoms with E-state index in [0.717, 1.165) is 12.6 Å². The van der Waals surface area contributed by atoms with Crippen molar-refractivity contribution in [1.82, 2.24) is 31.9 Å². The number of carbonyl (C=O) groups is 7. The Kier molecular flexibility index (Phi) is 22.8. The van der Waals surface area contributed by atoms with Crippen LogP contribution in [0.5, 0.6) is 0 Å². The van der Waals surface area contributed by atoms with Crippen LogP contribution in [-0.2, 0) is 40.0 Å². The Balaban J connectivity index is 0.0000104. The van der Waals surface area contributed by atoms with E-state index in [2.05, 4.69) is 110 Å². The Morgan fingerprint density at radius 1 is 0.609 bits per heavy atom. The first-order chi connectivity index (χ1) is 32.8. The molecule has 19 heteroatoms. The maximum Gasteiger partial charge on any atom is 0.305 e. The van der Waals surface area contributed by atoms with Crippen molar-refractivity contribution in [3.05, 3.63) is 127 Å². The van der Waals surface area contributed by atoms with E-state index < -0.39 is 79.9 Å². The highest BCUT2D eigenvalue weighted by Gasteiger charge is 2.44. The molecule has 0 saturated carbocycles. The van der Waals surface area contributed by atoms with Crippen LogP contribution in [0.15, 0.2) is 126 Å². The molecule has 0 aliphatic carbocycles. The Bertz CT molecular complexity index is 2230. The summed E-state index contributed by atoms with van der Waals surface area (Å²) in [7, 11) is -2.03. The number of amides is 6. The second-order valence-corrected chi connectivity index (χ2v) is 20.2. The predicted octanol–water partition coefficient (Wildman–Crippen LogP) is -1.72. The first kappa shape index (κ1) is 55.0. The standard InChI is InChI=1S/C50H62N9O8P.BrH/c51-50(52)54-30-17-27-39-46(64)55-34-44(61)56-42(33-45(62)63)49(67)59-41(32-35-18-5-1-6-19-35)48(66)58-40(47(65)57-39)26-13-15-29-53-43(60)28-14-16-31-68(36-20-7-2-8-21-36,37-22-9-3-10-23-37)38-24-11-4-12-25-38;/h1-12,18-25,39-42H,13-17,26-34H2,(H10-,51,52,53,54,55,56,57,58,59,60,61,62,63,64,65,66,67);1H/t39-,40-,41+,42-;/m0./s1. The van der Waals surface area contributed by atoms with Gasteiger partial charge < -0.3 is 65.5 Å². The summed E-state index contributed by atoms with van der Waals surface area (Å²) in [4.78, 5) is 96.9. The number of nitrogens with zero attached hydrogens (tertiary/aromatic N) is 1. The SMILES string of the molecule is NC(N)=NCCC[C@@H]1NC(=O)[C@H](CCCCNC(=O)CCCC[P+](c2ccccc2)(c2ccccc2)c2ccccc2)NC(=O)[C@@H](Cc2ccccc2)NC(=O)[C@H](CC(=O)O)NC(=O)CNC1=O.[Br-]. The number of hydrogen-bond donors (Lipinski definition) is 9. The topological polar surface area (TPSA) is 276 Å². The number of guanidine groups is 1. The van der Waals surface area contributed by atoms with Crippen molar-refractivity contribution >= 4 is 70.5 Å². The first-order valence-corrected chi connectivity index (χ1v) is 24.9. The van der Waals surface area contributed by atoms with Crippen LogP contribution in [0.1, 0.15) is 63.4 Å². The molecule has 1 aliphatic heterocycles. The fourth-order valence-electron chi connectivity index (χ4n) is 8.14. The normalized spacial score (nSPS) is 18.0. The molecule has 69 heavy (non-hydrogen) atoms. The second kappa shape index (κ2) is 28.6. The van der Waals surface area contributed by atoms with Gasteiger partial charge in [-0.15, -0.1) is 0 Å². The number of aliphatic imine (C=N–C) groups is 1. The molecule has 0 radical (unpaired) electrons. The van der Waals surface area contributed by atoms with Gasteiger partial charge in [0.1, 0.15) is 47.3 Å². The summed E-state index contributed by atoms with van der Waals surface area (Å²) >= 11 is 0. The third-order valence-electron chi connectivity index (χ3n) is 11.6. The van der Waals surface area contributed by atoms with Crippen LogP contribution in [-0.4, -0.2) is 102 Å². The number of nitrogens with two attached hydrogens (primary N) is 2. The van der Waals surface area contributed by atoms with Crippen LogP contribution in [0.4, 0.5) is 0 Å². The largest absolute Gasteiger partial charge is 1.00 e. The second-order valence-electron chi connectivity index (χ2n) is 16.6. The summed E-state index contributed by atoms with van der Waals surface area (Å²) in [5, 5.41) is 29.2. The Hall–Kier alpha value is -6.65. The molecule has 1 aliphatic rings. The summed E-state index contributed by atoms with van der Waals surface area (Å²) in [6.45, 7) is -0.193. The highest BCUT2D eigenvalue weighted by molar-refractivity contribution is 7.95. The third-order valence-corrected chi connectivity index (χ3v) is 16.1. The van der Waals surface area contributed by atoms with Crippen molar-refractivity contribution in [2.24, 2.45) is 16.5 Å². The number of nitrogens with one attached hydrogen (secondary N) is 6. The van der Waals surface area contributed by atoms with Gasteiger partial charge in [-0.05, 0) is 86.9 Å². The van der Waals surface area contributed by atoms with Gasteiger partial charge in [0.2, 0.25) is 35.4 Å². The van der Waals surface area contributed by atoms with Crippen molar-refractivity contribution in [3.63, 3.8) is 0 Å². The molecule has 4 aromatic rings. The lowest BCUT2D eigenvalue weighted by atomic mass is 10.0. The van der Waals surface area contributed by atoms with E-state index in [-0.39, 0.29) is 61.1 Å². The number of benzene rings is 4. The third kappa shape index (κ3) is 17.4. The molecule has 4 aromatic carbocycles. The molecule has 5 rings (SSSR count). The molecular formula is C50H63BrN9O8P. The summed E-state index contributed by atoms with van der Waals surface area (Å²) in [6.07, 6.45) is 3.09. The lowest BCUT2D eigenvalue weighted by molar-refractivity contribution is -0.141. The van der Waals surface area contributed by atoms with E-state index in [4.69, 9.17) is 11.5 Å². The molecular weight excluding hydrogens is 965 g/mol. The minimum atomic E-state index is -2.03. The summed E-state index contributed by atoms with van der Waals surface area (Å²) < 4.78 is 0. The van der Waals surface area contributed by atoms with Gasteiger partial charge >= 0.3 is 5.97 Å². The van der Waals surface area contributed by atoms with E-state index in [9.17, 15) is 38.7 Å². The zero-order valence-corrected chi connectivity index (χ0v) is 41.0. The highest BCUT2D eigenvalue weighted by atomic mass is 79.9. The molecule has 1 heterocycles. The maximum absolute atomic E-state index is 14.1. The van der Waals surface area contributed by atoms with Crippen molar-refractivity contribution in [2.75, 3.05) is 25.8 Å². The molecule has 17 nitrogen and oxygen atoms in total. The Labute approximate surface area is 413 Å². The van der Waals surface area contributed by atoms with E-state index in [1.165, 1.54) is 15.9 Å². The summed E-state index contributed by atoms with van der Waals surface area (Å²) in [6, 6.07) is 35.2. The fourth-order valence-corrected chi connectivity index (χ4v) is 12.6. The molecule has 11 N–H and O–H groups in total. The van der Waals surface area contributed by atoms with E-state index in [1.54, 1.807) is 30.3 Å². The number of carboxylic acid groups (broad SMARTS) is 1. The van der Waals surface area contributed by atoms with Crippen LogP contribution in [0.2, 0.25) is 0 Å². The Morgan fingerprint density at radius 3 is 1.65 bits per heavy atom. The van der Waals surface area contributed by atoms with Gasteiger partial charge in [0.15, 0.2) is 5.96 Å². The fraction of sp³-hybridized carbons (Fsp3) is 0.360. The van der Waals surface area contributed by atoms with Crippen LogP contribution in [0, 0.1) is 0 Å². The van der Waals surface area contributed by atoms with Gasteiger partial charge in [0.05, 0.1) is 19.1 Å². The van der Waals surface area contributed by atoms with Crippen molar-refractivity contribution in [3.8, 4) is 0 Å². The van der Waals surface area contributed by atoms with Crippen LogP contribution in [0.25, 0.3) is 0 Å². The zero-order chi connectivity index (χ0) is 48.7. The van der Waals surface area contributed by atoms with Crippen molar-refractivity contribution in [1.29, 1.82) is 0 Å². The van der Waals surface area contributed by atoms with Gasteiger partial charge in [-0.3, -0.25) is 38.6 Å². The van der Waals surface area contributed by atoms with E-state index >= 15 is 0 Å². The molecule has 1 fully saturated rings. The van der Waals surface area contributed by atoms with Gasteiger partial charge in [0.25, 0.3) is 0 Å². The minimum absolute atomic E-state index is 0. The Morgan fingerprint density at radius 2 is 1.10 bits per heavy atom. The number of aliphatic carboxylic acids is 1. The van der Waals surface area contributed by atoms with Crippen molar-refractivity contribution in [2.45, 2.75) is 88.4 Å². The van der Waals surface area contributed by atoms with E-state index in [1.807, 2.05) is 18.2 Å². The molecule has 0 bridgehead atoms. The molecule has 0 aromatic heterocycles. The van der Waals surface area contributed by atoms with Crippen LogP contribution >= 0.6 is 7.26 Å². The highest BCUT2D eigenvalue weighted by Crippen LogP contribution is 2.56. The van der Waals surface area contributed by atoms with Gasteiger partial charge in [-0.2, -0.15) is 0 Å². The summed E-state index contributed by atoms with van der Waals surface area (Å²) in [5.41, 5.74) is 11.6. The molecule has 0 spiro atoms. The smallest absolute Gasteiger partial charge is 0.305 e. The lowest BCUT2D eigenvalue weighted by Crippen LogP contribution is -3.00. The maximum atomic E-state index is 14.1. The van der Waals surface area contributed by atoms with Gasteiger partial charge in [-0.1, -0.05) is 84.9 Å². The lowest BCUT2D eigenvalue weighted by Gasteiger charge is -2.27. The monoisotopic (exact) mass is 1030 g/mol. The number of hydrogen-bond acceptors (Lipinski definition) is 8. The van der Waals surface area contributed by atoms with Crippen LogP contribution in [0.3, 0.4) is 0 Å². The molecule has 0 unspecified atom stereocenters. The van der Waals surface area contributed by atoms with E-state index in [0.29, 0.717) is 37.8 Å². The van der Waals surface area contributed by atoms with Gasteiger partial charge in [-0.25, -0.2) is 0 Å². The number of halogens is 1. The van der Waals surface area contributed by atoms with Crippen LogP contribution < -0.4 is 76.3 Å². The zero-order valence-electron chi connectivity index (χ0n) is 38.5. The number of rotatable bonds is 21. The van der Waals surface area contributed by atoms with Crippen molar-refractivity contribution < 1.29 is 55.6 Å². The predicted molar refractivity (Wildman–Crippen MR) is 264 cm³/mol. The average Bonchev–Trinajstić information content (AvgIpc) is 3.34. The average molecular weight is 1030 g/mol. The molecule has 368 valence electrons. The minimum Gasteiger partial charge on any atom is -1.00 e. The first-order valence-electron chi connectivity index (χ1n) is 23.0. The molecule has 4 atom stereocenters. The number of carboxylic acids is 1. The molecule has 6 amide bonds. The number of unbranched alkanes of at least 4 members (excludes halogenated alkanes) is 2. The van der Waals surface area contributed by atoms with Gasteiger partial charge in [0, 0.05) is 25.9 Å². The summed E-state index contributed by atoms with van der Waals surface area (Å²) in [5.74, 6) is -5.66. The quantitative estimate of drug-likeness (QED) is 0.0197. The molecule has 1 saturated heterocycles. The number of carbonyl (C=O) groups excluding carboxylic acids is 6.